The Morgan fingerprint density at radius 2 is 2.00 bits per heavy atom. The third-order valence-corrected chi connectivity index (χ3v) is 4.04. The summed E-state index contributed by atoms with van der Waals surface area (Å²) >= 11 is 0. The molecule has 1 saturated heterocycles. The molecule has 0 aromatic heterocycles. The van der Waals surface area contributed by atoms with Gasteiger partial charge in [0.15, 0.2) is 0 Å². The Labute approximate surface area is 118 Å². The molecule has 1 aromatic carbocycles. The maximum Gasteiger partial charge on any atom is 0.0377 e. The largest absolute Gasteiger partial charge is 0.382 e. The Hall–Kier alpha value is -1.02. The Bertz CT molecular complexity index is 381. The highest BCUT2D eigenvalue weighted by molar-refractivity contribution is 5.53. The van der Waals surface area contributed by atoms with Gasteiger partial charge in [0, 0.05) is 17.8 Å². The first-order chi connectivity index (χ1) is 9.16. The number of benzene rings is 1. The van der Waals surface area contributed by atoms with Gasteiger partial charge < -0.3 is 10.6 Å². The number of para-hydroxylation sites is 1. The first kappa shape index (κ1) is 14.4. The maximum atomic E-state index is 3.70. The summed E-state index contributed by atoms with van der Waals surface area (Å²) in [4.78, 5) is 0. The normalized spacial score (nSPS) is 21.4. The summed E-state index contributed by atoms with van der Waals surface area (Å²) in [6.45, 7) is 8.01. The van der Waals surface area contributed by atoms with Crippen molar-refractivity contribution in [1.82, 2.24) is 5.32 Å². The number of anilines is 1. The fourth-order valence-corrected chi connectivity index (χ4v) is 3.01. The van der Waals surface area contributed by atoms with Crippen molar-refractivity contribution in [3.05, 3.63) is 29.8 Å². The van der Waals surface area contributed by atoms with Crippen molar-refractivity contribution in [3.63, 3.8) is 0 Å². The molecule has 0 radical (unpaired) electrons. The van der Waals surface area contributed by atoms with E-state index >= 15 is 0 Å². The van der Waals surface area contributed by atoms with E-state index in [-0.39, 0.29) is 0 Å². The maximum absolute atomic E-state index is 3.70. The van der Waals surface area contributed by atoms with Gasteiger partial charge in [-0.15, -0.1) is 0 Å². The van der Waals surface area contributed by atoms with Crippen molar-refractivity contribution in [2.45, 2.75) is 64.5 Å². The molecule has 1 fully saturated rings. The van der Waals surface area contributed by atoms with Crippen molar-refractivity contribution >= 4 is 5.69 Å². The van der Waals surface area contributed by atoms with Gasteiger partial charge in [-0.25, -0.2) is 0 Å². The quantitative estimate of drug-likeness (QED) is 0.831. The van der Waals surface area contributed by atoms with Crippen LogP contribution < -0.4 is 10.6 Å². The van der Waals surface area contributed by atoms with E-state index in [9.17, 15) is 0 Å². The Morgan fingerprint density at radius 3 is 2.68 bits per heavy atom. The molecule has 1 aliphatic rings. The van der Waals surface area contributed by atoms with Crippen molar-refractivity contribution in [1.29, 1.82) is 0 Å². The van der Waals surface area contributed by atoms with E-state index < -0.39 is 0 Å². The van der Waals surface area contributed by atoms with Gasteiger partial charge in [0.25, 0.3) is 0 Å². The van der Waals surface area contributed by atoms with E-state index in [2.05, 4.69) is 55.7 Å². The minimum Gasteiger partial charge on any atom is -0.382 e. The topological polar surface area (TPSA) is 24.1 Å². The average Bonchev–Trinajstić information content (AvgIpc) is 2.40. The fourth-order valence-electron chi connectivity index (χ4n) is 3.01. The molecule has 0 amide bonds. The fraction of sp³-hybridized carbons (Fsp3) is 0.647. The molecule has 1 aromatic rings. The lowest BCUT2D eigenvalue weighted by Gasteiger charge is -2.27. The van der Waals surface area contributed by atoms with Crippen LogP contribution in [0.1, 0.15) is 57.9 Å². The van der Waals surface area contributed by atoms with Crippen LogP contribution in [0, 0.1) is 0 Å². The summed E-state index contributed by atoms with van der Waals surface area (Å²) in [6.07, 6.45) is 5.27. The van der Waals surface area contributed by atoms with E-state index in [4.69, 9.17) is 0 Å². The van der Waals surface area contributed by atoms with Crippen molar-refractivity contribution in [2.75, 3.05) is 11.9 Å². The number of piperidine rings is 1. The Kier molecular flexibility index (Phi) is 5.26. The van der Waals surface area contributed by atoms with E-state index in [1.807, 2.05) is 0 Å². The lowest BCUT2D eigenvalue weighted by atomic mass is 9.97. The molecular weight excluding hydrogens is 232 g/mol. The van der Waals surface area contributed by atoms with Crippen LogP contribution in [0.4, 0.5) is 5.69 Å². The van der Waals surface area contributed by atoms with Gasteiger partial charge in [0.2, 0.25) is 0 Å². The second-order valence-electron chi connectivity index (χ2n) is 6.17. The van der Waals surface area contributed by atoms with Crippen molar-refractivity contribution in [3.8, 4) is 0 Å². The molecule has 2 nitrogen and oxygen atoms in total. The van der Waals surface area contributed by atoms with Crippen LogP contribution in [0.3, 0.4) is 0 Å². The van der Waals surface area contributed by atoms with Crippen molar-refractivity contribution in [2.24, 2.45) is 0 Å². The third kappa shape index (κ3) is 4.24. The molecule has 0 spiro atoms. The first-order valence-corrected chi connectivity index (χ1v) is 7.75. The van der Waals surface area contributed by atoms with E-state index in [0.717, 1.165) is 0 Å². The zero-order chi connectivity index (χ0) is 13.7. The van der Waals surface area contributed by atoms with Gasteiger partial charge in [-0.3, -0.25) is 0 Å². The second kappa shape index (κ2) is 6.95. The predicted molar refractivity (Wildman–Crippen MR) is 83.9 cm³/mol. The molecule has 2 N–H and O–H groups in total. The number of hydrogen-bond donors (Lipinski definition) is 2. The summed E-state index contributed by atoms with van der Waals surface area (Å²) in [5.74, 6) is 0.573. The number of nitrogens with one attached hydrogen (secondary N) is 2. The monoisotopic (exact) mass is 260 g/mol. The summed E-state index contributed by atoms with van der Waals surface area (Å²) in [5.41, 5.74) is 2.73. The summed E-state index contributed by atoms with van der Waals surface area (Å²) < 4.78 is 0. The minimum absolute atomic E-state index is 0.524. The highest BCUT2D eigenvalue weighted by Crippen LogP contribution is 2.25. The minimum atomic E-state index is 0.524. The first-order valence-electron chi connectivity index (χ1n) is 7.75. The second-order valence-corrected chi connectivity index (χ2v) is 6.17. The summed E-state index contributed by atoms with van der Waals surface area (Å²) in [6, 6.07) is 9.92. The predicted octanol–water partition coefficient (Wildman–Crippen LogP) is 4.14. The zero-order valence-electron chi connectivity index (χ0n) is 12.6. The standard InChI is InChI=1S/C17H28N2/c1-13(2)16-9-4-5-10-17(16)19-14(3)12-15-8-6-7-11-18-15/h4-5,9-10,13-15,18-19H,6-8,11-12H2,1-3H3. The molecule has 2 unspecified atom stereocenters. The van der Waals surface area contributed by atoms with Gasteiger partial charge in [-0.2, -0.15) is 0 Å². The van der Waals surface area contributed by atoms with Gasteiger partial charge in [-0.05, 0) is 50.3 Å². The summed E-state index contributed by atoms with van der Waals surface area (Å²) in [5, 5.41) is 7.33. The van der Waals surface area contributed by atoms with Crippen LogP contribution in [0.15, 0.2) is 24.3 Å². The van der Waals surface area contributed by atoms with Gasteiger partial charge in [0.05, 0.1) is 0 Å². The molecule has 0 bridgehead atoms. The molecule has 0 aliphatic carbocycles. The number of hydrogen-bond acceptors (Lipinski definition) is 2. The molecule has 106 valence electrons. The van der Waals surface area contributed by atoms with Crippen molar-refractivity contribution < 1.29 is 0 Å². The molecule has 19 heavy (non-hydrogen) atoms. The van der Waals surface area contributed by atoms with E-state index in [1.165, 1.54) is 43.5 Å². The van der Waals surface area contributed by atoms with Gasteiger partial charge in [0.1, 0.15) is 0 Å². The highest BCUT2D eigenvalue weighted by atomic mass is 15.0. The molecule has 1 aliphatic heterocycles. The lowest BCUT2D eigenvalue weighted by Crippen LogP contribution is -2.37. The molecule has 1 heterocycles. The van der Waals surface area contributed by atoms with E-state index in [1.54, 1.807) is 0 Å². The Morgan fingerprint density at radius 1 is 1.21 bits per heavy atom. The van der Waals surface area contributed by atoms with Gasteiger partial charge in [-0.1, -0.05) is 38.5 Å². The van der Waals surface area contributed by atoms with Crippen LogP contribution in [-0.4, -0.2) is 18.6 Å². The number of rotatable bonds is 5. The average molecular weight is 260 g/mol. The lowest BCUT2D eigenvalue weighted by molar-refractivity contribution is 0.371. The highest BCUT2D eigenvalue weighted by Gasteiger charge is 2.16. The Balaban J connectivity index is 1.92. The SMILES string of the molecule is CC(CC1CCCCN1)Nc1ccccc1C(C)C. The molecule has 2 heteroatoms. The van der Waals surface area contributed by atoms with Crippen LogP contribution in [0.25, 0.3) is 0 Å². The van der Waals surface area contributed by atoms with Crippen LogP contribution >= 0.6 is 0 Å². The zero-order valence-corrected chi connectivity index (χ0v) is 12.6. The molecule has 2 rings (SSSR count). The third-order valence-electron chi connectivity index (χ3n) is 4.04. The van der Waals surface area contributed by atoms with E-state index in [0.29, 0.717) is 18.0 Å². The van der Waals surface area contributed by atoms with Crippen LogP contribution in [-0.2, 0) is 0 Å². The van der Waals surface area contributed by atoms with Crippen LogP contribution in [0.2, 0.25) is 0 Å². The smallest absolute Gasteiger partial charge is 0.0377 e. The molecular formula is C17H28N2. The van der Waals surface area contributed by atoms with Gasteiger partial charge >= 0.3 is 0 Å². The molecule has 2 atom stereocenters. The summed E-state index contributed by atoms with van der Waals surface area (Å²) in [7, 11) is 0. The van der Waals surface area contributed by atoms with Crippen LogP contribution in [0.5, 0.6) is 0 Å². The molecule has 0 saturated carbocycles.